The summed E-state index contributed by atoms with van der Waals surface area (Å²) < 4.78 is 5.99. The zero-order valence-corrected chi connectivity index (χ0v) is 10.9. The van der Waals surface area contributed by atoms with Crippen molar-refractivity contribution in [1.29, 1.82) is 0 Å². The van der Waals surface area contributed by atoms with E-state index in [0.717, 1.165) is 3.79 Å². The van der Waals surface area contributed by atoms with Crippen LogP contribution >= 0.6 is 27.3 Å². The maximum absolute atomic E-state index is 11.7. The Kier molecular flexibility index (Phi) is 3.63. The summed E-state index contributed by atoms with van der Waals surface area (Å²) in [6, 6.07) is 1.78. The van der Waals surface area contributed by atoms with E-state index in [2.05, 4.69) is 21.2 Å². The van der Waals surface area contributed by atoms with E-state index in [-0.39, 0.29) is 17.9 Å². The van der Waals surface area contributed by atoms with Crippen molar-refractivity contribution in [3.05, 3.63) is 20.8 Å². The van der Waals surface area contributed by atoms with Crippen LogP contribution in [0.3, 0.4) is 0 Å². The van der Waals surface area contributed by atoms with Gasteiger partial charge in [0.25, 0.3) is 5.91 Å². The van der Waals surface area contributed by atoms with E-state index in [1.165, 1.54) is 11.3 Å². The first-order valence-electron chi connectivity index (χ1n) is 4.86. The lowest BCUT2D eigenvalue weighted by Crippen LogP contribution is -2.53. The number of aliphatic hydroxyl groups is 1. The molecule has 16 heavy (non-hydrogen) atoms. The number of thiophene rings is 1. The molecule has 1 aromatic heterocycles. The Morgan fingerprint density at radius 2 is 2.44 bits per heavy atom. The number of ether oxygens (including phenoxy) is 1. The monoisotopic (exact) mass is 305 g/mol. The van der Waals surface area contributed by atoms with Crippen molar-refractivity contribution in [2.75, 3.05) is 26.4 Å². The van der Waals surface area contributed by atoms with Gasteiger partial charge in [-0.05, 0) is 22.0 Å². The standard InChI is InChI=1S/C10H12BrNO3S/c11-8-1-7(2-16-8)9(14)12-3-10(4-13)5-15-6-10/h1-2,13H,3-6H2,(H,12,14). The maximum Gasteiger partial charge on any atom is 0.252 e. The van der Waals surface area contributed by atoms with E-state index in [1.54, 1.807) is 11.4 Å². The second-order valence-corrected chi connectivity index (χ2v) is 6.26. The maximum atomic E-state index is 11.7. The first kappa shape index (κ1) is 12.0. The summed E-state index contributed by atoms with van der Waals surface area (Å²) in [5, 5.41) is 13.8. The summed E-state index contributed by atoms with van der Waals surface area (Å²) in [6.45, 7) is 1.52. The normalized spacial score (nSPS) is 17.9. The molecule has 4 nitrogen and oxygen atoms in total. The highest BCUT2D eigenvalue weighted by Crippen LogP contribution is 2.26. The quantitative estimate of drug-likeness (QED) is 0.880. The molecular weight excluding hydrogens is 294 g/mol. The molecule has 0 radical (unpaired) electrons. The number of nitrogens with one attached hydrogen (secondary N) is 1. The molecule has 0 bridgehead atoms. The van der Waals surface area contributed by atoms with Gasteiger partial charge in [0.2, 0.25) is 0 Å². The molecule has 6 heteroatoms. The third-order valence-corrected chi connectivity index (χ3v) is 4.11. The Bertz CT molecular complexity index is 384. The summed E-state index contributed by atoms with van der Waals surface area (Å²) in [5.41, 5.74) is 0.369. The van der Waals surface area contributed by atoms with E-state index < -0.39 is 0 Å². The molecule has 1 fully saturated rings. The Morgan fingerprint density at radius 1 is 1.69 bits per heavy atom. The number of halogens is 1. The van der Waals surface area contributed by atoms with Crippen molar-refractivity contribution in [1.82, 2.24) is 5.32 Å². The van der Waals surface area contributed by atoms with E-state index in [1.807, 2.05) is 0 Å². The lowest BCUT2D eigenvalue weighted by molar-refractivity contribution is -0.133. The topological polar surface area (TPSA) is 58.6 Å². The molecule has 2 N–H and O–H groups in total. The summed E-state index contributed by atoms with van der Waals surface area (Å²) in [7, 11) is 0. The van der Waals surface area contributed by atoms with Crippen LogP contribution in [0.5, 0.6) is 0 Å². The Morgan fingerprint density at radius 3 is 2.88 bits per heavy atom. The van der Waals surface area contributed by atoms with Crippen LogP contribution in [0.2, 0.25) is 0 Å². The fourth-order valence-electron chi connectivity index (χ4n) is 1.44. The zero-order valence-electron chi connectivity index (χ0n) is 8.53. The van der Waals surface area contributed by atoms with Gasteiger partial charge in [0.15, 0.2) is 0 Å². The van der Waals surface area contributed by atoms with Gasteiger partial charge in [0, 0.05) is 11.9 Å². The van der Waals surface area contributed by atoms with E-state index >= 15 is 0 Å². The van der Waals surface area contributed by atoms with Gasteiger partial charge in [-0.2, -0.15) is 0 Å². The van der Waals surface area contributed by atoms with Gasteiger partial charge in [0.05, 0.1) is 34.6 Å². The largest absolute Gasteiger partial charge is 0.396 e. The highest BCUT2D eigenvalue weighted by Gasteiger charge is 2.38. The second kappa shape index (κ2) is 4.83. The minimum absolute atomic E-state index is 0.0423. The van der Waals surface area contributed by atoms with Crippen LogP contribution in [0.4, 0.5) is 0 Å². The van der Waals surface area contributed by atoms with Crippen molar-refractivity contribution >= 4 is 33.2 Å². The van der Waals surface area contributed by atoms with E-state index in [9.17, 15) is 9.90 Å². The van der Waals surface area contributed by atoms with Gasteiger partial charge >= 0.3 is 0 Å². The van der Waals surface area contributed by atoms with Crippen LogP contribution in [-0.4, -0.2) is 37.4 Å². The molecule has 0 aliphatic carbocycles. The summed E-state index contributed by atoms with van der Waals surface area (Å²) in [5.74, 6) is -0.110. The molecule has 1 aliphatic rings. The first-order valence-corrected chi connectivity index (χ1v) is 6.53. The van der Waals surface area contributed by atoms with Crippen LogP contribution in [0.25, 0.3) is 0 Å². The molecule has 1 saturated heterocycles. The summed E-state index contributed by atoms with van der Waals surface area (Å²) >= 11 is 4.78. The smallest absolute Gasteiger partial charge is 0.252 e. The zero-order chi connectivity index (χ0) is 11.6. The molecule has 0 atom stereocenters. The number of rotatable bonds is 4. The Labute approximate surface area is 106 Å². The van der Waals surface area contributed by atoms with Crippen molar-refractivity contribution in [3.8, 4) is 0 Å². The fourth-order valence-corrected chi connectivity index (χ4v) is 2.58. The molecule has 88 valence electrons. The molecular formula is C10H12BrNO3S. The van der Waals surface area contributed by atoms with Crippen molar-refractivity contribution < 1.29 is 14.6 Å². The van der Waals surface area contributed by atoms with Gasteiger partial charge in [-0.25, -0.2) is 0 Å². The predicted octanol–water partition coefficient (Wildman–Crippen LogP) is 1.25. The van der Waals surface area contributed by atoms with Crippen LogP contribution in [0.1, 0.15) is 10.4 Å². The Hall–Kier alpha value is -0.430. The number of aliphatic hydroxyl groups excluding tert-OH is 1. The highest BCUT2D eigenvalue weighted by atomic mass is 79.9. The average molecular weight is 306 g/mol. The molecule has 0 aromatic carbocycles. The van der Waals surface area contributed by atoms with Crippen LogP contribution in [-0.2, 0) is 4.74 Å². The minimum atomic E-state index is -0.275. The van der Waals surface area contributed by atoms with Crippen molar-refractivity contribution in [2.24, 2.45) is 5.41 Å². The SMILES string of the molecule is O=C(NCC1(CO)COC1)c1csc(Br)c1. The van der Waals surface area contributed by atoms with Crippen LogP contribution < -0.4 is 5.32 Å². The highest BCUT2D eigenvalue weighted by molar-refractivity contribution is 9.11. The number of amides is 1. The predicted molar refractivity (Wildman–Crippen MR) is 64.7 cm³/mol. The first-order chi connectivity index (χ1) is 7.65. The van der Waals surface area contributed by atoms with Gasteiger partial charge < -0.3 is 15.2 Å². The molecule has 1 aromatic rings. The van der Waals surface area contributed by atoms with Crippen molar-refractivity contribution in [2.45, 2.75) is 0 Å². The number of carbonyl (C=O) groups excluding carboxylic acids is 1. The van der Waals surface area contributed by atoms with Crippen molar-refractivity contribution in [3.63, 3.8) is 0 Å². The van der Waals surface area contributed by atoms with E-state index in [0.29, 0.717) is 25.3 Å². The minimum Gasteiger partial charge on any atom is -0.396 e. The summed E-state index contributed by atoms with van der Waals surface area (Å²) in [6.07, 6.45) is 0. The van der Waals surface area contributed by atoms with Gasteiger partial charge in [-0.1, -0.05) is 0 Å². The van der Waals surface area contributed by atoms with Crippen LogP contribution in [0.15, 0.2) is 15.2 Å². The molecule has 0 spiro atoms. The van der Waals surface area contributed by atoms with Crippen LogP contribution in [0, 0.1) is 5.41 Å². The second-order valence-electron chi connectivity index (χ2n) is 3.97. The number of hydrogen-bond acceptors (Lipinski definition) is 4. The number of hydrogen-bond donors (Lipinski definition) is 2. The fraction of sp³-hybridized carbons (Fsp3) is 0.500. The molecule has 2 heterocycles. The van der Waals surface area contributed by atoms with Gasteiger partial charge in [-0.15, -0.1) is 11.3 Å². The lowest BCUT2D eigenvalue weighted by Gasteiger charge is -2.39. The Balaban J connectivity index is 1.88. The van der Waals surface area contributed by atoms with Gasteiger partial charge in [-0.3, -0.25) is 4.79 Å². The molecule has 0 saturated carbocycles. The third-order valence-electron chi connectivity index (χ3n) is 2.61. The molecule has 2 rings (SSSR count). The number of carbonyl (C=O) groups is 1. The third kappa shape index (κ3) is 2.45. The molecule has 1 aliphatic heterocycles. The summed E-state index contributed by atoms with van der Waals surface area (Å²) in [4.78, 5) is 11.7. The average Bonchev–Trinajstić information content (AvgIpc) is 2.64. The molecule has 0 unspecified atom stereocenters. The van der Waals surface area contributed by atoms with Gasteiger partial charge in [0.1, 0.15) is 0 Å². The molecule has 1 amide bonds. The van der Waals surface area contributed by atoms with E-state index in [4.69, 9.17) is 4.74 Å². The lowest BCUT2D eigenvalue weighted by atomic mass is 9.87.